The second kappa shape index (κ2) is 9.90. The molecular weight excluding hydrogens is 324 g/mol. The largest absolute Gasteiger partial charge is 0.379 e. The molecule has 3 rings (SSSR count). The Kier molecular flexibility index (Phi) is 6.99. The summed E-state index contributed by atoms with van der Waals surface area (Å²) in [6, 6.07) is 20.7. The number of H-pyrrole nitrogens is 1. The normalized spacial score (nSPS) is 11.0. The molecule has 1 aromatic heterocycles. The number of ether oxygens (including phenoxy) is 2. The van der Waals surface area contributed by atoms with Crippen molar-refractivity contribution in [3.8, 4) is 22.5 Å². The van der Waals surface area contributed by atoms with E-state index < -0.39 is 0 Å². The van der Waals surface area contributed by atoms with E-state index in [-0.39, 0.29) is 0 Å². The summed E-state index contributed by atoms with van der Waals surface area (Å²) in [5, 5.41) is 0. The molecule has 0 saturated heterocycles. The van der Waals surface area contributed by atoms with Crippen LogP contribution in [0, 0.1) is 0 Å². The molecule has 1 heterocycles. The first-order valence-corrected chi connectivity index (χ1v) is 9.23. The van der Waals surface area contributed by atoms with Crippen LogP contribution in [0.3, 0.4) is 0 Å². The van der Waals surface area contributed by atoms with Crippen LogP contribution in [0.15, 0.2) is 60.7 Å². The highest BCUT2D eigenvalue weighted by molar-refractivity contribution is 5.78. The van der Waals surface area contributed by atoms with Gasteiger partial charge in [-0.15, -0.1) is 0 Å². The van der Waals surface area contributed by atoms with Gasteiger partial charge in [0, 0.05) is 30.8 Å². The average Bonchev–Trinajstić information content (AvgIpc) is 3.13. The topological polar surface area (TPSA) is 47.1 Å². The Bertz CT molecular complexity index is 712. The van der Waals surface area contributed by atoms with Gasteiger partial charge in [-0.1, -0.05) is 60.7 Å². The van der Waals surface area contributed by atoms with E-state index in [0.29, 0.717) is 13.2 Å². The SMILES string of the molecule is CCOCCOCCCc1nc(-c2ccccc2)c(-c2ccccc2)[nH]1. The Morgan fingerprint density at radius 3 is 2.15 bits per heavy atom. The summed E-state index contributed by atoms with van der Waals surface area (Å²) in [6.07, 6.45) is 1.80. The van der Waals surface area contributed by atoms with E-state index in [4.69, 9.17) is 14.5 Å². The van der Waals surface area contributed by atoms with Crippen molar-refractivity contribution in [2.45, 2.75) is 19.8 Å². The van der Waals surface area contributed by atoms with Gasteiger partial charge in [0.2, 0.25) is 0 Å². The van der Waals surface area contributed by atoms with E-state index in [1.807, 2.05) is 31.2 Å². The Labute approximate surface area is 155 Å². The van der Waals surface area contributed by atoms with Gasteiger partial charge in [-0.3, -0.25) is 0 Å². The van der Waals surface area contributed by atoms with E-state index >= 15 is 0 Å². The molecule has 4 heteroatoms. The van der Waals surface area contributed by atoms with Gasteiger partial charge in [0.1, 0.15) is 5.82 Å². The molecule has 0 unspecified atom stereocenters. The molecule has 3 aromatic rings. The number of aryl methyl sites for hydroxylation is 1. The van der Waals surface area contributed by atoms with Gasteiger partial charge in [-0.2, -0.15) is 0 Å². The third kappa shape index (κ3) is 5.04. The lowest BCUT2D eigenvalue weighted by atomic mass is 10.1. The number of nitrogens with zero attached hydrogens (tertiary/aromatic N) is 1. The molecule has 0 aliphatic rings. The minimum Gasteiger partial charge on any atom is -0.379 e. The van der Waals surface area contributed by atoms with Gasteiger partial charge in [-0.05, 0) is 13.3 Å². The molecule has 2 aromatic carbocycles. The molecule has 4 nitrogen and oxygen atoms in total. The van der Waals surface area contributed by atoms with Crippen molar-refractivity contribution in [1.29, 1.82) is 0 Å². The number of nitrogens with one attached hydrogen (secondary N) is 1. The first-order chi connectivity index (χ1) is 12.9. The fourth-order valence-electron chi connectivity index (χ4n) is 2.87. The monoisotopic (exact) mass is 350 g/mol. The maximum absolute atomic E-state index is 5.60. The maximum atomic E-state index is 5.60. The van der Waals surface area contributed by atoms with Gasteiger partial charge in [0.25, 0.3) is 0 Å². The Morgan fingerprint density at radius 2 is 1.46 bits per heavy atom. The number of hydrogen-bond acceptors (Lipinski definition) is 3. The molecule has 0 amide bonds. The summed E-state index contributed by atoms with van der Waals surface area (Å²) in [5.74, 6) is 0.996. The van der Waals surface area contributed by atoms with Crippen molar-refractivity contribution in [2.24, 2.45) is 0 Å². The van der Waals surface area contributed by atoms with Crippen LogP contribution in [0.4, 0.5) is 0 Å². The Morgan fingerprint density at radius 1 is 0.808 bits per heavy atom. The minimum atomic E-state index is 0.649. The smallest absolute Gasteiger partial charge is 0.107 e. The van der Waals surface area contributed by atoms with E-state index in [0.717, 1.165) is 54.4 Å². The highest BCUT2D eigenvalue weighted by Crippen LogP contribution is 2.30. The summed E-state index contributed by atoms with van der Waals surface area (Å²) in [6.45, 7) is 4.75. The lowest BCUT2D eigenvalue weighted by molar-refractivity contribution is 0.0519. The molecule has 1 N–H and O–H groups in total. The number of benzene rings is 2. The number of rotatable bonds is 10. The van der Waals surface area contributed by atoms with Crippen LogP contribution in [0.25, 0.3) is 22.5 Å². The predicted molar refractivity (Wildman–Crippen MR) is 105 cm³/mol. The number of aromatic amines is 1. The summed E-state index contributed by atoms with van der Waals surface area (Å²) in [5.41, 5.74) is 4.35. The maximum Gasteiger partial charge on any atom is 0.107 e. The van der Waals surface area contributed by atoms with Crippen LogP contribution in [0.1, 0.15) is 19.2 Å². The molecule has 0 saturated carbocycles. The second-order valence-electron chi connectivity index (χ2n) is 6.05. The zero-order valence-corrected chi connectivity index (χ0v) is 15.3. The van der Waals surface area contributed by atoms with E-state index in [1.54, 1.807) is 0 Å². The second-order valence-corrected chi connectivity index (χ2v) is 6.05. The van der Waals surface area contributed by atoms with Crippen molar-refractivity contribution in [3.63, 3.8) is 0 Å². The lowest BCUT2D eigenvalue weighted by Crippen LogP contribution is -2.05. The van der Waals surface area contributed by atoms with Crippen molar-refractivity contribution < 1.29 is 9.47 Å². The van der Waals surface area contributed by atoms with E-state index in [9.17, 15) is 0 Å². The standard InChI is InChI=1S/C22H26N2O2/c1-2-25-16-17-26-15-9-14-20-23-21(18-10-5-3-6-11-18)22(24-20)19-12-7-4-8-13-19/h3-8,10-13H,2,9,14-17H2,1H3,(H,23,24). The Hall–Kier alpha value is -2.43. The fraction of sp³-hybridized carbons (Fsp3) is 0.318. The Balaban J connectivity index is 1.69. The molecular formula is C22H26N2O2. The molecule has 0 fully saturated rings. The first-order valence-electron chi connectivity index (χ1n) is 9.23. The summed E-state index contributed by atoms with van der Waals surface area (Å²) >= 11 is 0. The van der Waals surface area contributed by atoms with Crippen molar-refractivity contribution in [3.05, 3.63) is 66.5 Å². The average molecular weight is 350 g/mol. The molecule has 136 valence electrons. The van der Waals surface area contributed by atoms with Crippen LogP contribution in [-0.2, 0) is 15.9 Å². The third-order valence-corrected chi connectivity index (χ3v) is 4.14. The van der Waals surface area contributed by atoms with Gasteiger partial charge in [0.15, 0.2) is 0 Å². The highest BCUT2D eigenvalue weighted by Gasteiger charge is 2.13. The van der Waals surface area contributed by atoms with Crippen LogP contribution in [0.2, 0.25) is 0 Å². The minimum absolute atomic E-state index is 0.649. The molecule has 0 bridgehead atoms. The zero-order chi connectivity index (χ0) is 18.0. The van der Waals surface area contributed by atoms with Gasteiger partial charge in [0.05, 0.1) is 24.6 Å². The summed E-state index contributed by atoms with van der Waals surface area (Å²) < 4.78 is 10.9. The molecule has 0 aliphatic heterocycles. The van der Waals surface area contributed by atoms with Crippen molar-refractivity contribution >= 4 is 0 Å². The third-order valence-electron chi connectivity index (χ3n) is 4.14. The van der Waals surface area contributed by atoms with Crippen LogP contribution in [-0.4, -0.2) is 36.4 Å². The quantitative estimate of drug-likeness (QED) is 0.538. The molecule has 0 spiro atoms. The van der Waals surface area contributed by atoms with Crippen molar-refractivity contribution in [2.75, 3.05) is 26.4 Å². The highest BCUT2D eigenvalue weighted by atomic mass is 16.5. The lowest BCUT2D eigenvalue weighted by Gasteiger charge is -2.03. The van der Waals surface area contributed by atoms with E-state index in [1.165, 1.54) is 0 Å². The first kappa shape index (κ1) is 18.4. The zero-order valence-electron chi connectivity index (χ0n) is 15.3. The molecule has 26 heavy (non-hydrogen) atoms. The number of imidazole rings is 1. The number of hydrogen-bond donors (Lipinski definition) is 1. The number of aromatic nitrogens is 2. The van der Waals surface area contributed by atoms with E-state index in [2.05, 4.69) is 41.4 Å². The molecule has 0 radical (unpaired) electrons. The van der Waals surface area contributed by atoms with Gasteiger partial charge < -0.3 is 14.5 Å². The predicted octanol–water partition coefficient (Wildman–Crippen LogP) is 4.73. The van der Waals surface area contributed by atoms with Gasteiger partial charge in [-0.25, -0.2) is 4.98 Å². The summed E-state index contributed by atoms with van der Waals surface area (Å²) in [4.78, 5) is 8.38. The van der Waals surface area contributed by atoms with Crippen molar-refractivity contribution in [1.82, 2.24) is 9.97 Å². The van der Waals surface area contributed by atoms with Gasteiger partial charge >= 0.3 is 0 Å². The molecule has 0 atom stereocenters. The van der Waals surface area contributed by atoms with Crippen LogP contribution >= 0.6 is 0 Å². The summed E-state index contributed by atoms with van der Waals surface area (Å²) in [7, 11) is 0. The fourth-order valence-corrected chi connectivity index (χ4v) is 2.87. The van der Waals surface area contributed by atoms with Crippen LogP contribution in [0.5, 0.6) is 0 Å². The molecule has 0 aliphatic carbocycles. The van der Waals surface area contributed by atoms with Crippen LogP contribution < -0.4 is 0 Å².